The molecule has 0 aromatic carbocycles. The summed E-state index contributed by atoms with van der Waals surface area (Å²) >= 11 is 1.68. The number of hydrogen-bond acceptors (Lipinski definition) is 3. The van der Waals surface area contributed by atoms with Crippen molar-refractivity contribution in [3.05, 3.63) is 22.4 Å². The second-order valence-corrected chi connectivity index (χ2v) is 4.48. The maximum atomic E-state index is 5.53. The Kier molecular flexibility index (Phi) is 2.36. The zero-order valence-electron chi connectivity index (χ0n) is 7.86. The van der Waals surface area contributed by atoms with Crippen molar-refractivity contribution in [1.82, 2.24) is 0 Å². The minimum absolute atomic E-state index is 0.345. The van der Waals surface area contributed by atoms with Crippen molar-refractivity contribution in [3.8, 4) is 0 Å². The van der Waals surface area contributed by atoms with Crippen LogP contribution in [0.5, 0.6) is 0 Å². The fourth-order valence-electron chi connectivity index (χ4n) is 1.27. The van der Waals surface area contributed by atoms with Gasteiger partial charge in [0.2, 0.25) is 5.90 Å². The summed E-state index contributed by atoms with van der Waals surface area (Å²) < 4.78 is 5.53. The Morgan fingerprint density at radius 2 is 2.46 bits per heavy atom. The molecule has 1 atom stereocenters. The van der Waals surface area contributed by atoms with Crippen LogP contribution < -0.4 is 0 Å². The Hall–Kier alpha value is -0.830. The summed E-state index contributed by atoms with van der Waals surface area (Å²) in [6.07, 6.45) is 0. The molecule has 2 rings (SSSR count). The Morgan fingerprint density at radius 1 is 1.62 bits per heavy atom. The minimum Gasteiger partial charge on any atom is -0.475 e. The van der Waals surface area contributed by atoms with E-state index < -0.39 is 0 Å². The molecule has 1 aromatic heterocycles. The van der Waals surface area contributed by atoms with Gasteiger partial charge in [-0.3, -0.25) is 0 Å². The average Bonchev–Trinajstić information content (AvgIpc) is 2.75. The Labute approximate surface area is 82.3 Å². The van der Waals surface area contributed by atoms with Gasteiger partial charge in [-0.2, -0.15) is 0 Å². The molecule has 0 aliphatic carbocycles. The van der Waals surface area contributed by atoms with Crippen LogP contribution in [-0.2, 0) is 4.74 Å². The maximum absolute atomic E-state index is 5.53. The number of hydrogen-bond donors (Lipinski definition) is 0. The number of ether oxygens (including phenoxy) is 1. The highest BCUT2D eigenvalue weighted by Gasteiger charge is 2.22. The van der Waals surface area contributed by atoms with Crippen LogP contribution in [0.1, 0.15) is 18.7 Å². The molecule has 70 valence electrons. The Balaban J connectivity index is 2.15. The van der Waals surface area contributed by atoms with Crippen LogP contribution in [0.3, 0.4) is 0 Å². The number of thiophene rings is 1. The molecule has 0 radical (unpaired) electrons. The van der Waals surface area contributed by atoms with E-state index in [-0.39, 0.29) is 0 Å². The number of rotatable bonds is 2. The van der Waals surface area contributed by atoms with Crippen molar-refractivity contribution < 1.29 is 4.74 Å². The van der Waals surface area contributed by atoms with Gasteiger partial charge in [0, 0.05) is 0 Å². The monoisotopic (exact) mass is 195 g/mol. The van der Waals surface area contributed by atoms with E-state index >= 15 is 0 Å². The molecule has 0 amide bonds. The lowest BCUT2D eigenvalue weighted by Gasteiger charge is -2.06. The quantitative estimate of drug-likeness (QED) is 0.710. The van der Waals surface area contributed by atoms with Crippen molar-refractivity contribution in [1.29, 1.82) is 0 Å². The third-order valence-corrected chi connectivity index (χ3v) is 3.03. The van der Waals surface area contributed by atoms with Gasteiger partial charge in [0.1, 0.15) is 6.61 Å². The molecule has 1 unspecified atom stereocenters. The van der Waals surface area contributed by atoms with E-state index in [1.165, 1.54) is 0 Å². The van der Waals surface area contributed by atoms with Crippen LogP contribution in [0.2, 0.25) is 0 Å². The molecule has 13 heavy (non-hydrogen) atoms. The standard InChI is InChI=1S/C10H13NOS/c1-7(2)8-6-12-10(11-8)9-4-3-5-13-9/h3-5,7-8H,6H2,1-2H3. The number of nitrogens with zero attached hydrogens (tertiary/aromatic N) is 1. The molecule has 0 saturated heterocycles. The molecule has 3 heteroatoms. The summed E-state index contributed by atoms with van der Waals surface area (Å²) in [5.74, 6) is 1.39. The van der Waals surface area contributed by atoms with Gasteiger partial charge in [-0.05, 0) is 17.4 Å². The maximum Gasteiger partial charge on any atom is 0.226 e. The molecular formula is C10H13NOS. The van der Waals surface area contributed by atoms with Gasteiger partial charge in [-0.25, -0.2) is 4.99 Å². The van der Waals surface area contributed by atoms with E-state index in [1.54, 1.807) is 11.3 Å². The van der Waals surface area contributed by atoms with Crippen LogP contribution in [0.15, 0.2) is 22.5 Å². The first-order chi connectivity index (χ1) is 6.27. The molecule has 1 aromatic rings. The highest BCUT2D eigenvalue weighted by molar-refractivity contribution is 7.12. The fourth-order valence-corrected chi connectivity index (χ4v) is 1.94. The van der Waals surface area contributed by atoms with E-state index in [0.717, 1.165) is 17.4 Å². The Morgan fingerprint density at radius 3 is 3.00 bits per heavy atom. The lowest BCUT2D eigenvalue weighted by Crippen LogP contribution is -2.13. The summed E-state index contributed by atoms with van der Waals surface area (Å²) in [5.41, 5.74) is 0. The third-order valence-electron chi connectivity index (χ3n) is 2.18. The summed E-state index contributed by atoms with van der Waals surface area (Å²) in [6.45, 7) is 5.09. The van der Waals surface area contributed by atoms with Crippen LogP contribution in [-0.4, -0.2) is 18.5 Å². The van der Waals surface area contributed by atoms with Crippen molar-refractivity contribution in [2.24, 2.45) is 10.9 Å². The zero-order chi connectivity index (χ0) is 9.26. The smallest absolute Gasteiger partial charge is 0.226 e. The van der Waals surface area contributed by atoms with Crippen molar-refractivity contribution in [3.63, 3.8) is 0 Å². The molecule has 1 aliphatic heterocycles. The second-order valence-electron chi connectivity index (χ2n) is 3.53. The SMILES string of the molecule is CC(C)C1COC(c2cccs2)=N1. The van der Waals surface area contributed by atoms with Crippen molar-refractivity contribution in [2.75, 3.05) is 6.61 Å². The molecule has 0 bridgehead atoms. The zero-order valence-corrected chi connectivity index (χ0v) is 8.67. The van der Waals surface area contributed by atoms with Gasteiger partial charge in [0.15, 0.2) is 0 Å². The lowest BCUT2D eigenvalue weighted by molar-refractivity contribution is 0.292. The van der Waals surface area contributed by atoms with Gasteiger partial charge in [-0.1, -0.05) is 19.9 Å². The Bertz CT molecular complexity index is 303. The highest BCUT2D eigenvalue weighted by atomic mass is 32.1. The van der Waals surface area contributed by atoms with Crippen molar-refractivity contribution >= 4 is 17.2 Å². The lowest BCUT2D eigenvalue weighted by atomic mass is 10.1. The van der Waals surface area contributed by atoms with Crippen LogP contribution in [0.25, 0.3) is 0 Å². The number of aliphatic imine (C=N–C) groups is 1. The third kappa shape index (κ3) is 1.75. The van der Waals surface area contributed by atoms with Crippen LogP contribution in [0, 0.1) is 5.92 Å². The van der Waals surface area contributed by atoms with Crippen LogP contribution >= 0.6 is 11.3 Å². The van der Waals surface area contributed by atoms with E-state index in [9.17, 15) is 0 Å². The summed E-state index contributed by atoms with van der Waals surface area (Å²) in [6, 6.07) is 4.41. The van der Waals surface area contributed by atoms with E-state index in [0.29, 0.717) is 12.0 Å². The molecule has 2 nitrogen and oxygen atoms in total. The summed E-state index contributed by atoms with van der Waals surface area (Å²) in [7, 11) is 0. The van der Waals surface area contributed by atoms with Gasteiger partial charge in [-0.15, -0.1) is 11.3 Å². The predicted octanol–water partition coefficient (Wildman–Crippen LogP) is 2.55. The fraction of sp³-hybridized carbons (Fsp3) is 0.500. The second kappa shape index (κ2) is 3.50. The van der Waals surface area contributed by atoms with Crippen LogP contribution in [0.4, 0.5) is 0 Å². The normalized spacial score (nSPS) is 21.8. The topological polar surface area (TPSA) is 21.6 Å². The van der Waals surface area contributed by atoms with Gasteiger partial charge in [0.05, 0.1) is 10.9 Å². The molecule has 0 fully saturated rings. The van der Waals surface area contributed by atoms with Gasteiger partial charge in [0.25, 0.3) is 0 Å². The predicted molar refractivity (Wildman–Crippen MR) is 55.4 cm³/mol. The van der Waals surface area contributed by atoms with E-state index in [2.05, 4.69) is 18.8 Å². The van der Waals surface area contributed by atoms with E-state index in [1.807, 2.05) is 17.5 Å². The highest BCUT2D eigenvalue weighted by Crippen LogP contribution is 2.19. The van der Waals surface area contributed by atoms with Gasteiger partial charge < -0.3 is 4.74 Å². The molecule has 0 N–H and O–H groups in total. The summed E-state index contributed by atoms with van der Waals surface area (Å²) in [5, 5.41) is 2.05. The average molecular weight is 195 g/mol. The first kappa shape index (κ1) is 8.75. The molecular weight excluding hydrogens is 182 g/mol. The first-order valence-corrected chi connectivity index (χ1v) is 5.40. The molecule has 0 spiro atoms. The minimum atomic E-state index is 0.345. The molecule has 0 saturated carbocycles. The van der Waals surface area contributed by atoms with Crippen molar-refractivity contribution in [2.45, 2.75) is 19.9 Å². The van der Waals surface area contributed by atoms with E-state index in [4.69, 9.17) is 4.74 Å². The molecule has 1 aliphatic rings. The summed E-state index contributed by atoms with van der Waals surface area (Å²) in [4.78, 5) is 5.68. The first-order valence-electron chi connectivity index (χ1n) is 4.52. The van der Waals surface area contributed by atoms with Gasteiger partial charge >= 0.3 is 0 Å². The largest absolute Gasteiger partial charge is 0.475 e. The molecule has 2 heterocycles.